The van der Waals surface area contributed by atoms with E-state index in [4.69, 9.17) is 0 Å². The monoisotopic (exact) mass is 230 g/mol. The van der Waals surface area contributed by atoms with E-state index in [1.807, 2.05) is 23.1 Å². The maximum absolute atomic E-state index is 12.2. The molecule has 0 saturated carbocycles. The molecule has 17 heavy (non-hydrogen) atoms. The Balaban J connectivity index is 1.88. The standard InChI is InChI=1S/C12H14N4O/c17-12(16-5-3-13-4-6-16)9-1-2-11-10(7-9)8-14-15-11/h1-2,7-8,13H,3-6H2,(H,14,15). The van der Waals surface area contributed by atoms with Gasteiger partial charge in [0.1, 0.15) is 0 Å². The molecule has 5 nitrogen and oxygen atoms in total. The van der Waals surface area contributed by atoms with E-state index in [1.165, 1.54) is 0 Å². The first kappa shape index (κ1) is 10.3. The lowest BCUT2D eigenvalue weighted by molar-refractivity contribution is 0.0736. The van der Waals surface area contributed by atoms with Gasteiger partial charge in [0.2, 0.25) is 0 Å². The molecule has 1 saturated heterocycles. The van der Waals surface area contributed by atoms with Crippen LogP contribution < -0.4 is 5.32 Å². The first-order chi connectivity index (χ1) is 8.34. The van der Waals surface area contributed by atoms with Crippen molar-refractivity contribution < 1.29 is 4.79 Å². The number of nitrogens with one attached hydrogen (secondary N) is 2. The summed E-state index contributed by atoms with van der Waals surface area (Å²) < 4.78 is 0. The molecule has 0 atom stereocenters. The van der Waals surface area contributed by atoms with Crippen molar-refractivity contribution >= 4 is 16.8 Å². The minimum Gasteiger partial charge on any atom is -0.336 e. The van der Waals surface area contributed by atoms with Gasteiger partial charge in [0.15, 0.2) is 0 Å². The van der Waals surface area contributed by atoms with E-state index in [0.29, 0.717) is 0 Å². The number of hydrogen-bond donors (Lipinski definition) is 2. The lowest BCUT2D eigenvalue weighted by Gasteiger charge is -2.27. The fraction of sp³-hybridized carbons (Fsp3) is 0.333. The highest BCUT2D eigenvalue weighted by Gasteiger charge is 2.17. The number of aromatic nitrogens is 2. The van der Waals surface area contributed by atoms with Crippen LogP contribution in [0.5, 0.6) is 0 Å². The average molecular weight is 230 g/mol. The van der Waals surface area contributed by atoms with E-state index in [1.54, 1.807) is 6.20 Å². The number of benzene rings is 1. The Kier molecular flexibility index (Phi) is 2.53. The van der Waals surface area contributed by atoms with Crippen LogP contribution in [0.4, 0.5) is 0 Å². The zero-order valence-corrected chi connectivity index (χ0v) is 9.44. The van der Waals surface area contributed by atoms with Crippen LogP contribution in [-0.4, -0.2) is 47.2 Å². The minimum absolute atomic E-state index is 0.106. The molecule has 1 aliphatic rings. The first-order valence-electron chi connectivity index (χ1n) is 5.78. The van der Waals surface area contributed by atoms with Gasteiger partial charge >= 0.3 is 0 Å². The molecule has 1 aromatic heterocycles. The Bertz CT molecular complexity index is 542. The number of H-pyrrole nitrogens is 1. The molecule has 88 valence electrons. The van der Waals surface area contributed by atoms with Crippen LogP contribution >= 0.6 is 0 Å². The normalized spacial score (nSPS) is 16.4. The molecule has 0 radical (unpaired) electrons. The second kappa shape index (κ2) is 4.18. The van der Waals surface area contributed by atoms with E-state index in [2.05, 4.69) is 15.5 Å². The van der Waals surface area contributed by atoms with E-state index in [-0.39, 0.29) is 5.91 Å². The van der Waals surface area contributed by atoms with Gasteiger partial charge in [-0.2, -0.15) is 5.10 Å². The van der Waals surface area contributed by atoms with Gasteiger partial charge in [-0.05, 0) is 18.2 Å². The molecule has 2 N–H and O–H groups in total. The number of carbonyl (C=O) groups excluding carboxylic acids is 1. The highest BCUT2D eigenvalue weighted by molar-refractivity contribution is 5.97. The molecule has 0 unspecified atom stereocenters. The second-order valence-electron chi connectivity index (χ2n) is 4.21. The summed E-state index contributed by atoms with van der Waals surface area (Å²) in [5, 5.41) is 11.1. The molecule has 0 aliphatic carbocycles. The van der Waals surface area contributed by atoms with Gasteiger partial charge in [-0.3, -0.25) is 9.89 Å². The molecule has 2 heterocycles. The third-order valence-corrected chi connectivity index (χ3v) is 3.09. The number of rotatable bonds is 1. The van der Waals surface area contributed by atoms with Gasteiger partial charge in [-0.25, -0.2) is 0 Å². The van der Waals surface area contributed by atoms with Crippen molar-refractivity contribution in [2.45, 2.75) is 0 Å². The SMILES string of the molecule is O=C(c1ccc2[nH]ncc2c1)N1CCNCC1. The first-order valence-corrected chi connectivity index (χ1v) is 5.78. The molecule has 1 fully saturated rings. The number of nitrogens with zero attached hydrogens (tertiary/aromatic N) is 2. The molecule has 1 aromatic carbocycles. The number of fused-ring (bicyclic) bond motifs is 1. The number of aromatic amines is 1. The number of amides is 1. The maximum atomic E-state index is 12.2. The summed E-state index contributed by atoms with van der Waals surface area (Å²) in [6, 6.07) is 5.64. The second-order valence-corrected chi connectivity index (χ2v) is 4.21. The Morgan fingerprint density at radius 2 is 2.12 bits per heavy atom. The van der Waals surface area contributed by atoms with Crippen molar-refractivity contribution in [1.29, 1.82) is 0 Å². The van der Waals surface area contributed by atoms with Crippen LogP contribution in [-0.2, 0) is 0 Å². The van der Waals surface area contributed by atoms with E-state index in [0.717, 1.165) is 42.6 Å². The van der Waals surface area contributed by atoms with Crippen molar-refractivity contribution in [3.8, 4) is 0 Å². The lowest BCUT2D eigenvalue weighted by atomic mass is 10.1. The predicted octanol–water partition coefficient (Wildman–Crippen LogP) is 0.608. The van der Waals surface area contributed by atoms with Crippen LogP contribution in [0.2, 0.25) is 0 Å². The summed E-state index contributed by atoms with van der Waals surface area (Å²) in [6.07, 6.45) is 1.74. The molecule has 5 heteroatoms. The molecular weight excluding hydrogens is 216 g/mol. The number of piperazine rings is 1. The van der Waals surface area contributed by atoms with Gasteiger partial charge in [0.05, 0.1) is 11.7 Å². The van der Waals surface area contributed by atoms with Crippen molar-refractivity contribution in [3.05, 3.63) is 30.0 Å². The predicted molar refractivity (Wildman–Crippen MR) is 64.9 cm³/mol. The zero-order valence-electron chi connectivity index (χ0n) is 9.44. The Labute approximate surface area is 98.8 Å². The minimum atomic E-state index is 0.106. The van der Waals surface area contributed by atoms with Crippen molar-refractivity contribution in [3.63, 3.8) is 0 Å². The van der Waals surface area contributed by atoms with Gasteiger partial charge < -0.3 is 10.2 Å². The fourth-order valence-electron chi connectivity index (χ4n) is 2.13. The summed E-state index contributed by atoms with van der Waals surface area (Å²) in [5.41, 5.74) is 1.70. The van der Waals surface area contributed by atoms with Gasteiger partial charge in [0.25, 0.3) is 5.91 Å². The average Bonchev–Trinajstić information content (AvgIpc) is 2.86. The van der Waals surface area contributed by atoms with Gasteiger partial charge in [-0.15, -0.1) is 0 Å². The molecule has 1 amide bonds. The number of carbonyl (C=O) groups is 1. The van der Waals surface area contributed by atoms with Crippen molar-refractivity contribution in [2.24, 2.45) is 0 Å². The molecule has 0 spiro atoms. The third kappa shape index (κ3) is 1.89. The number of hydrogen-bond acceptors (Lipinski definition) is 3. The summed E-state index contributed by atoms with van der Waals surface area (Å²) in [5.74, 6) is 0.106. The molecule has 3 rings (SSSR count). The maximum Gasteiger partial charge on any atom is 0.253 e. The Hall–Kier alpha value is -1.88. The van der Waals surface area contributed by atoms with Crippen LogP contribution in [0.1, 0.15) is 10.4 Å². The van der Waals surface area contributed by atoms with Gasteiger partial charge in [-0.1, -0.05) is 0 Å². The van der Waals surface area contributed by atoms with Crippen molar-refractivity contribution in [1.82, 2.24) is 20.4 Å². The van der Waals surface area contributed by atoms with Crippen LogP contribution in [0, 0.1) is 0 Å². The molecule has 0 bridgehead atoms. The molecule has 1 aliphatic heterocycles. The van der Waals surface area contributed by atoms with Crippen LogP contribution in [0.3, 0.4) is 0 Å². The lowest BCUT2D eigenvalue weighted by Crippen LogP contribution is -2.46. The van der Waals surface area contributed by atoms with Crippen LogP contribution in [0.25, 0.3) is 10.9 Å². The third-order valence-electron chi connectivity index (χ3n) is 3.09. The van der Waals surface area contributed by atoms with Crippen molar-refractivity contribution in [2.75, 3.05) is 26.2 Å². The topological polar surface area (TPSA) is 61.0 Å². The summed E-state index contributed by atoms with van der Waals surface area (Å²) in [4.78, 5) is 14.1. The highest BCUT2D eigenvalue weighted by atomic mass is 16.2. The van der Waals surface area contributed by atoms with E-state index >= 15 is 0 Å². The zero-order chi connectivity index (χ0) is 11.7. The quantitative estimate of drug-likeness (QED) is 0.754. The largest absolute Gasteiger partial charge is 0.336 e. The van der Waals surface area contributed by atoms with E-state index < -0.39 is 0 Å². The van der Waals surface area contributed by atoms with Crippen LogP contribution in [0.15, 0.2) is 24.4 Å². The fourth-order valence-corrected chi connectivity index (χ4v) is 2.13. The summed E-state index contributed by atoms with van der Waals surface area (Å²) in [7, 11) is 0. The Morgan fingerprint density at radius 1 is 1.29 bits per heavy atom. The van der Waals surface area contributed by atoms with E-state index in [9.17, 15) is 4.79 Å². The summed E-state index contributed by atoms with van der Waals surface area (Å²) in [6.45, 7) is 3.31. The summed E-state index contributed by atoms with van der Waals surface area (Å²) >= 11 is 0. The smallest absolute Gasteiger partial charge is 0.253 e. The highest BCUT2D eigenvalue weighted by Crippen LogP contribution is 2.14. The van der Waals surface area contributed by atoms with Gasteiger partial charge in [0, 0.05) is 37.1 Å². The molecule has 2 aromatic rings. The Morgan fingerprint density at radius 3 is 2.94 bits per heavy atom. The molecular formula is C12H14N4O.